The van der Waals surface area contributed by atoms with Crippen molar-refractivity contribution < 1.29 is 13.6 Å². The Morgan fingerprint density at radius 1 is 1.44 bits per heavy atom. The van der Waals surface area contributed by atoms with Gasteiger partial charge in [0.1, 0.15) is 5.82 Å². The number of hydrogen-bond acceptors (Lipinski definition) is 3. The zero-order valence-electron chi connectivity index (χ0n) is 9.21. The minimum absolute atomic E-state index is 0.134. The molecular weight excluding hydrogens is 242 g/mol. The van der Waals surface area contributed by atoms with Gasteiger partial charge in [0.25, 0.3) is 5.91 Å². The summed E-state index contributed by atoms with van der Waals surface area (Å²) in [7, 11) is 0. The highest BCUT2D eigenvalue weighted by Gasteiger charge is 2.15. The van der Waals surface area contributed by atoms with Crippen molar-refractivity contribution in [2.45, 2.75) is 6.54 Å². The molecule has 0 fully saturated rings. The first-order chi connectivity index (χ1) is 8.58. The maximum atomic E-state index is 13.5. The summed E-state index contributed by atoms with van der Waals surface area (Å²) >= 11 is 0. The second kappa shape index (κ2) is 4.82. The standard InChI is InChI=1S/C11H10F2N4O/c12-6-1-8(10(13)9(14)2-6)11(18)16-4-7-3-15-5-17-7/h1-3,5H,4,14H2,(H,15,17)(H,16,18). The summed E-state index contributed by atoms with van der Waals surface area (Å²) < 4.78 is 26.6. The molecule has 0 aliphatic carbocycles. The first-order valence-corrected chi connectivity index (χ1v) is 5.08. The van der Waals surface area contributed by atoms with Crippen LogP contribution in [0, 0.1) is 11.6 Å². The van der Waals surface area contributed by atoms with Crippen molar-refractivity contribution in [2.24, 2.45) is 0 Å². The normalized spacial score (nSPS) is 10.3. The van der Waals surface area contributed by atoms with Crippen LogP contribution in [0.1, 0.15) is 16.1 Å². The Morgan fingerprint density at radius 2 is 2.22 bits per heavy atom. The number of amides is 1. The van der Waals surface area contributed by atoms with E-state index in [0.29, 0.717) is 5.69 Å². The van der Waals surface area contributed by atoms with Crippen molar-refractivity contribution >= 4 is 11.6 Å². The summed E-state index contributed by atoms with van der Waals surface area (Å²) in [6.45, 7) is 0.134. The summed E-state index contributed by atoms with van der Waals surface area (Å²) in [5.41, 5.74) is 5.06. The SMILES string of the molecule is Nc1cc(F)cc(C(=O)NCc2cnc[nH]2)c1F. The average Bonchev–Trinajstić information content (AvgIpc) is 2.83. The number of H-pyrrole nitrogens is 1. The number of halogens is 2. The topological polar surface area (TPSA) is 83.8 Å². The quantitative estimate of drug-likeness (QED) is 0.718. The number of nitrogens with zero attached hydrogens (tertiary/aromatic N) is 1. The third-order valence-electron chi connectivity index (χ3n) is 2.30. The van der Waals surface area contributed by atoms with Gasteiger partial charge in [0.2, 0.25) is 0 Å². The van der Waals surface area contributed by atoms with Crippen molar-refractivity contribution in [1.29, 1.82) is 0 Å². The van der Waals surface area contributed by atoms with Crippen molar-refractivity contribution in [2.75, 3.05) is 5.73 Å². The molecule has 0 saturated heterocycles. The van der Waals surface area contributed by atoms with Crippen LogP contribution in [-0.4, -0.2) is 15.9 Å². The molecule has 0 aliphatic heterocycles. The number of aromatic nitrogens is 2. The summed E-state index contributed by atoms with van der Waals surface area (Å²) in [6, 6.07) is 1.62. The predicted octanol–water partition coefficient (Wildman–Crippen LogP) is 1.20. The van der Waals surface area contributed by atoms with Crippen molar-refractivity contribution in [3.8, 4) is 0 Å². The second-order valence-corrected chi connectivity index (χ2v) is 3.62. The van der Waals surface area contributed by atoms with Gasteiger partial charge >= 0.3 is 0 Å². The molecule has 2 aromatic rings. The fourth-order valence-corrected chi connectivity index (χ4v) is 1.43. The zero-order chi connectivity index (χ0) is 13.1. The van der Waals surface area contributed by atoms with Gasteiger partial charge in [0.05, 0.1) is 29.8 Å². The highest BCUT2D eigenvalue weighted by atomic mass is 19.1. The zero-order valence-corrected chi connectivity index (χ0v) is 9.21. The highest BCUT2D eigenvalue weighted by Crippen LogP contribution is 2.17. The Balaban J connectivity index is 2.14. The van der Waals surface area contributed by atoms with Crippen molar-refractivity contribution in [3.63, 3.8) is 0 Å². The lowest BCUT2D eigenvalue weighted by molar-refractivity contribution is 0.0946. The van der Waals surface area contributed by atoms with E-state index in [0.717, 1.165) is 12.1 Å². The van der Waals surface area contributed by atoms with Crippen molar-refractivity contribution in [3.05, 3.63) is 47.5 Å². The Hall–Kier alpha value is -2.44. The number of hydrogen-bond donors (Lipinski definition) is 3. The van der Waals surface area contributed by atoms with E-state index in [1.54, 1.807) is 0 Å². The van der Waals surface area contributed by atoms with Gasteiger partial charge in [-0.25, -0.2) is 13.8 Å². The molecular formula is C11H10F2N4O. The molecule has 0 unspecified atom stereocenters. The molecule has 1 aromatic heterocycles. The van der Waals surface area contributed by atoms with E-state index in [1.165, 1.54) is 12.5 Å². The molecule has 18 heavy (non-hydrogen) atoms. The molecule has 0 aliphatic rings. The number of benzene rings is 1. The van der Waals surface area contributed by atoms with Crippen LogP contribution in [-0.2, 0) is 6.54 Å². The van der Waals surface area contributed by atoms with Gasteiger partial charge in [-0.3, -0.25) is 4.79 Å². The highest BCUT2D eigenvalue weighted by molar-refractivity contribution is 5.95. The molecule has 2 rings (SSSR count). The number of nitrogens with one attached hydrogen (secondary N) is 2. The van der Waals surface area contributed by atoms with Gasteiger partial charge in [-0.15, -0.1) is 0 Å². The van der Waals surface area contributed by atoms with Crippen LogP contribution >= 0.6 is 0 Å². The monoisotopic (exact) mass is 252 g/mol. The third kappa shape index (κ3) is 2.45. The lowest BCUT2D eigenvalue weighted by atomic mass is 10.1. The number of rotatable bonds is 3. The molecule has 1 heterocycles. The predicted molar refractivity (Wildman–Crippen MR) is 60.5 cm³/mol. The lowest BCUT2D eigenvalue weighted by Crippen LogP contribution is -2.24. The van der Waals surface area contributed by atoms with E-state index < -0.39 is 28.8 Å². The Bertz CT molecular complexity index is 569. The van der Waals surface area contributed by atoms with Gasteiger partial charge in [0.15, 0.2) is 5.82 Å². The van der Waals surface area contributed by atoms with Crippen LogP contribution < -0.4 is 11.1 Å². The Labute approximate surface area is 101 Å². The number of imidazole rings is 1. The molecule has 4 N–H and O–H groups in total. The molecule has 0 spiro atoms. The number of nitrogen functional groups attached to an aromatic ring is 1. The molecule has 7 heteroatoms. The molecule has 0 radical (unpaired) electrons. The van der Waals surface area contributed by atoms with Crippen LogP contribution in [0.4, 0.5) is 14.5 Å². The smallest absolute Gasteiger partial charge is 0.254 e. The molecule has 0 bridgehead atoms. The maximum Gasteiger partial charge on any atom is 0.254 e. The second-order valence-electron chi connectivity index (χ2n) is 3.62. The van der Waals surface area contributed by atoms with Gasteiger partial charge in [-0.05, 0) is 12.1 Å². The van der Waals surface area contributed by atoms with E-state index in [4.69, 9.17) is 5.73 Å². The van der Waals surface area contributed by atoms with Gasteiger partial charge < -0.3 is 16.0 Å². The fourth-order valence-electron chi connectivity index (χ4n) is 1.43. The van der Waals surface area contributed by atoms with Crippen LogP contribution in [0.3, 0.4) is 0 Å². The number of nitrogens with two attached hydrogens (primary N) is 1. The van der Waals surface area contributed by atoms with Gasteiger partial charge in [-0.1, -0.05) is 0 Å². The van der Waals surface area contributed by atoms with E-state index >= 15 is 0 Å². The molecule has 1 amide bonds. The minimum Gasteiger partial charge on any atom is -0.396 e. The summed E-state index contributed by atoms with van der Waals surface area (Å²) in [4.78, 5) is 18.2. The van der Waals surface area contributed by atoms with Crippen molar-refractivity contribution in [1.82, 2.24) is 15.3 Å². The van der Waals surface area contributed by atoms with Crippen LogP contribution in [0.25, 0.3) is 0 Å². The van der Waals surface area contributed by atoms with E-state index in [2.05, 4.69) is 15.3 Å². The largest absolute Gasteiger partial charge is 0.396 e. The Morgan fingerprint density at radius 3 is 2.89 bits per heavy atom. The molecule has 0 saturated carbocycles. The van der Waals surface area contributed by atoms with Crippen LogP contribution in [0.2, 0.25) is 0 Å². The summed E-state index contributed by atoms with van der Waals surface area (Å²) in [6.07, 6.45) is 2.96. The number of carbonyl (C=O) groups excluding carboxylic acids is 1. The van der Waals surface area contributed by atoms with E-state index in [-0.39, 0.29) is 6.54 Å². The molecule has 1 aromatic carbocycles. The first-order valence-electron chi connectivity index (χ1n) is 5.08. The number of aromatic amines is 1. The van der Waals surface area contributed by atoms with E-state index in [1.807, 2.05) is 0 Å². The first kappa shape index (κ1) is 12.0. The van der Waals surface area contributed by atoms with Crippen LogP contribution in [0.15, 0.2) is 24.7 Å². The number of anilines is 1. The van der Waals surface area contributed by atoms with Crippen LogP contribution in [0.5, 0.6) is 0 Å². The molecule has 94 valence electrons. The number of carbonyl (C=O) groups is 1. The Kier molecular flexibility index (Phi) is 3.22. The maximum absolute atomic E-state index is 13.5. The van der Waals surface area contributed by atoms with Gasteiger partial charge in [-0.2, -0.15) is 0 Å². The lowest BCUT2D eigenvalue weighted by Gasteiger charge is -2.06. The third-order valence-corrected chi connectivity index (χ3v) is 2.30. The summed E-state index contributed by atoms with van der Waals surface area (Å²) in [5.74, 6) is -2.44. The average molecular weight is 252 g/mol. The summed E-state index contributed by atoms with van der Waals surface area (Å²) in [5, 5.41) is 2.42. The molecule has 5 nitrogen and oxygen atoms in total. The fraction of sp³-hybridized carbons (Fsp3) is 0.0909. The van der Waals surface area contributed by atoms with Gasteiger partial charge in [0, 0.05) is 6.20 Å². The van der Waals surface area contributed by atoms with E-state index in [9.17, 15) is 13.6 Å². The molecule has 0 atom stereocenters. The minimum atomic E-state index is -0.932.